The first-order chi connectivity index (χ1) is 10.2. The van der Waals surface area contributed by atoms with Crippen LogP contribution in [0.1, 0.15) is 36.0 Å². The molecule has 116 valence electrons. The molecule has 0 unspecified atom stereocenters. The number of amides is 1. The molecular weight excluding hydrogens is 270 g/mol. The number of morpholine rings is 1. The van der Waals surface area contributed by atoms with Crippen LogP contribution >= 0.6 is 0 Å². The van der Waals surface area contributed by atoms with Crippen molar-refractivity contribution in [2.45, 2.75) is 26.3 Å². The maximum atomic E-state index is 12.4. The van der Waals surface area contributed by atoms with Crippen molar-refractivity contribution >= 4 is 5.91 Å². The van der Waals surface area contributed by atoms with E-state index in [1.165, 1.54) is 6.42 Å². The fourth-order valence-corrected chi connectivity index (χ4v) is 3.00. The second-order valence-electron chi connectivity index (χ2n) is 6.07. The summed E-state index contributed by atoms with van der Waals surface area (Å²) < 4.78 is 10.6. The first-order valence-electron chi connectivity index (χ1n) is 7.77. The Morgan fingerprint density at radius 1 is 1.38 bits per heavy atom. The Hall–Kier alpha value is -1.40. The molecule has 0 saturated carbocycles. The molecule has 3 rings (SSSR count). The van der Waals surface area contributed by atoms with Gasteiger partial charge < -0.3 is 14.2 Å². The highest BCUT2D eigenvalue weighted by Crippen LogP contribution is 2.18. The van der Waals surface area contributed by atoms with Crippen LogP contribution in [0.5, 0.6) is 0 Å². The van der Waals surface area contributed by atoms with E-state index in [1.807, 2.05) is 4.90 Å². The minimum Gasteiger partial charge on any atom is -0.379 e. The van der Waals surface area contributed by atoms with Crippen molar-refractivity contribution in [3.63, 3.8) is 0 Å². The normalized spacial score (nSPS) is 24.2. The van der Waals surface area contributed by atoms with E-state index in [2.05, 4.69) is 17.0 Å². The summed E-state index contributed by atoms with van der Waals surface area (Å²) >= 11 is 0. The summed E-state index contributed by atoms with van der Waals surface area (Å²) in [5.41, 5.74) is 0.437. The summed E-state index contributed by atoms with van der Waals surface area (Å²) in [6, 6.07) is 1.79. The number of ether oxygens (including phenoxy) is 1. The van der Waals surface area contributed by atoms with Gasteiger partial charge in [0.1, 0.15) is 0 Å². The molecule has 21 heavy (non-hydrogen) atoms. The lowest BCUT2D eigenvalue weighted by atomic mass is 10.00. The molecule has 1 amide bonds. The minimum atomic E-state index is -0.00136. The van der Waals surface area contributed by atoms with E-state index in [1.54, 1.807) is 6.07 Å². The summed E-state index contributed by atoms with van der Waals surface area (Å²) in [4.78, 5) is 16.6. The topological polar surface area (TPSA) is 58.8 Å². The van der Waals surface area contributed by atoms with Crippen LogP contribution in [0.2, 0.25) is 0 Å². The first kappa shape index (κ1) is 14.5. The third-order valence-electron chi connectivity index (χ3n) is 4.21. The van der Waals surface area contributed by atoms with Crippen molar-refractivity contribution in [3.8, 4) is 0 Å². The summed E-state index contributed by atoms with van der Waals surface area (Å²) in [6.45, 7) is 7.84. The van der Waals surface area contributed by atoms with E-state index in [0.29, 0.717) is 18.2 Å². The number of hydrogen-bond donors (Lipinski definition) is 0. The second-order valence-corrected chi connectivity index (χ2v) is 6.07. The number of piperidine rings is 1. The van der Waals surface area contributed by atoms with Crippen LogP contribution in [0, 0.1) is 5.92 Å². The molecule has 2 saturated heterocycles. The third-order valence-corrected chi connectivity index (χ3v) is 4.21. The van der Waals surface area contributed by atoms with Crippen molar-refractivity contribution in [1.82, 2.24) is 15.0 Å². The van der Waals surface area contributed by atoms with E-state index in [0.717, 1.165) is 51.6 Å². The van der Waals surface area contributed by atoms with E-state index in [-0.39, 0.29) is 5.91 Å². The number of carbonyl (C=O) groups excluding carboxylic acids is 1. The summed E-state index contributed by atoms with van der Waals surface area (Å²) in [5.74, 6) is 1.33. The highest BCUT2D eigenvalue weighted by Gasteiger charge is 2.25. The lowest BCUT2D eigenvalue weighted by Gasteiger charge is -2.30. The average Bonchev–Trinajstić information content (AvgIpc) is 2.96. The van der Waals surface area contributed by atoms with Gasteiger partial charge in [-0.1, -0.05) is 12.1 Å². The van der Waals surface area contributed by atoms with E-state index in [4.69, 9.17) is 9.26 Å². The molecule has 3 heterocycles. The SMILES string of the molecule is C[C@H]1CCCN(C(=O)c2cc(CN3CCOCC3)on2)C1. The quantitative estimate of drug-likeness (QED) is 0.842. The van der Waals surface area contributed by atoms with E-state index >= 15 is 0 Å². The largest absolute Gasteiger partial charge is 0.379 e. The second kappa shape index (κ2) is 6.58. The Morgan fingerprint density at radius 2 is 2.19 bits per heavy atom. The predicted molar refractivity (Wildman–Crippen MR) is 76.9 cm³/mol. The van der Waals surface area contributed by atoms with Gasteiger partial charge >= 0.3 is 0 Å². The molecule has 0 N–H and O–H groups in total. The molecule has 1 atom stereocenters. The van der Waals surface area contributed by atoms with Gasteiger partial charge in [-0.25, -0.2) is 0 Å². The summed E-state index contributed by atoms with van der Waals surface area (Å²) in [6.07, 6.45) is 2.27. The Morgan fingerprint density at radius 3 is 2.95 bits per heavy atom. The molecule has 6 heteroatoms. The molecule has 1 aromatic heterocycles. The molecule has 0 spiro atoms. The van der Waals surface area contributed by atoms with Gasteiger partial charge in [0.25, 0.3) is 5.91 Å². The molecule has 2 aliphatic heterocycles. The predicted octanol–water partition coefficient (Wildman–Crippen LogP) is 1.38. The number of aromatic nitrogens is 1. The number of carbonyl (C=O) groups is 1. The van der Waals surface area contributed by atoms with Crippen molar-refractivity contribution in [2.24, 2.45) is 5.92 Å². The van der Waals surface area contributed by atoms with Crippen molar-refractivity contribution in [3.05, 3.63) is 17.5 Å². The molecule has 2 aliphatic rings. The zero-order chi connectivity index (χ0) is 14.7. The number of hydrogen-bond acceptors (Lipinski definition) is 5. The van der Waals surface area contributed by atoms with Gasteiger partial charge in [-0.2, -0.15) is 0 Å². The first-order valence-corrected chi connectivity index (χ1v) is 7.77. The molecular formula is C15H23N3O3. The zero-order valence-electron chi connectivity index (χ0n) is 12.6. The number of rotatable bonds is 3. The lowest BCUT2D eigenvalue weighted by molar-refractivity contribution is 0.0305. The smallest absolute Gasteiger partial charge is 0.276 e. The van der Waals surface area contributed by atoms with Crippen LogP contribution in [0.4, 0.5) is 0 Å². The number of nitrogens with zero attached hydrogens (tertiary/aromatic N) is 3. The average molecular weight is 293 g/mol. The zero-order valence-corrected chi connectivity index (χ0v) is 12.6. The maximum Gasteiger partial charge on any atom is 0.276 e. The van der Waals surface area contributed by atoms with Gasteiger partial charge in [0.05, 0.1) is 19.8 Å². The Labute approximate surface area is 125 Å². The van der Waals surface area contributed by atoms with Gasteiger partial charge in [0.2, 0.25) is 0 Å². The maximum absolute atomic E-state index is 12.4. The van der Waals surface area contributed by atoms with E-state index < -0.39 is 0 Å². The lowest BCUT2D eigenvalue weighted by Crippen LogP contribution is -2.39. The van der Waals surface area contributed by atoms with Crippen LogP contribution in [-0.4, -0.2) is 60.3 Å². The van der Waals surface area contributed by atoms with Crippen LogP contribution in [0.15, 0.2) is 10.6 Å². The molecule has 0 aliphatic carbocycles. The third kappa shape index (κ3) is 3.63. The van der Waals surface area contributed by atoms with Crippen molar-refractivity contribution in [2.75, 3.05) is 39.4 Å². The summed E-state index contributed by atoms with van der Waals surface area (Å²) in [5, 5.41) is 3.96. The van der Waals surface area contributed by atoms with Crippen molar-refractivity contribution < 1.29 is 14.1 Å². The van der Waals surface area contributed by atoms with Gasteiger partial charge in [-0.05, 0) is 18.8 Å². The molecule has 6 nitrogen and oxygen atoms in total. The monoisotopic (exact) mass is 293 g/mol. The van der Waals surface area contributed by atoms with Gasteiger partial charge in [0, 0.05) is 32.2 Å². The van der Waals surface area contributed by atoms with Crippen molar-refractivity contribution in [1.29, 1.82) is 0 Å². The Bertz CT molecular complexity index is 482. The fourth-order valence-electron chi connectivity index (χ4n) is 3.00. The van der Waals surface area contributed by atoms with Gasteiger partial charge in [-0.15, -0.1) is 0 Å². The molecule has 1 aromatic rings. The molecule has 0 aromatic carbocycles. The van der Waals surface area contributed by atoms with E-state index in [9.17, 15) is 4.79 Å². The Kier molecular flexibility index (Phi) is 4.55. The van der Waals surface area contributed by atoms with Gasteiger partial charge in [0.15, 0.2) is 11.5 Å². The fraction of sp³-hybridized carbons (Fsp3) is 0.733. The Balaban J connectivity index is 1.59. The standard InChI is InChI=1S/C15H23N3O3/c1-12-3-2-4-18(10-12)15(19)14-9-13(21-16-14)11-17-5-7-20-8-6-17/h9,12H,2-8,10-11H2,1H3/t12-/m0/s1. The minimum absolute atomic E-state index is 0.00136. The van der Waals surface area contributed by atoms with Crippen LogP contribution in [0.25, 0.3) is 0 Å². The highest BCUT2D eigenvalue weighted by molar-refractivity contribution is 5.92. The molecule has 0 radical (unpaired) electrons. The van der Waals surface area contributed by atoms with Crippen LogP contribution in [0.3, 0.4) is 0 Å². The molecule has 0 bridgehead atoms. The van der Waals surface area contributed by atoms with Crippen LogP contribution < -0.4 is 0 Å². The van der Waals surface area contributed by atoms with Crippen LogP contribution in [-0.2, 0) is 11.3 Å². The van der Waals surface area contributed by atoms with Gasteiger partial charge in [-0.3, -0.25) is 9.69 Å². The molecule has 2 fully saturated rings. The summed E-state index contributed by atoms with van der Waals surface area (Å²) in [7, 11) is 0. The number of likely N-dealkylation sites (tertiary alicyclic amines) is 1. The highest BCUT2D eigenvalue weighted by atomic mass is 16.5.